The molecule has 0 heterocycles. The molecule has 0 radical (unpaired) electrons. The third-order valence-electron chi connectivity index (χ3n) is 2.87. The van der Waals surface area contributed by atoms with Crippen molar-refractivity contribution < 1.29 is 9.53 Å². The molecule has 102 valence electrons. The average Bonchev–Trinajstić information content (AvgIpc) is 2.48. The van der Waals surface area contributed by atoms with E-state index in [1.807, 2.05) is 54.6 Å². The highest BCUT2D eigenvalue weighted by molar-refractivity contribution is 5.77. The van der Waals surface area contributed by atoms with Crippen LogP contribution in [0, 0.1) is 0 Å². The molecule has 0 spiro atoms. The number of hydrogen-bond acceptors (Lipinski definition) is 2. The topological polar surface area (TPSA) is 29.5 Å². The highest BCUT2D eigenvalue weighted by atomic mass is 16.6. The molecule has 0 atom stereocenters. The Hall–Kier alpha value is -2.55. The Balaban J connectivity index is 2.22. The van der Waals surface area contributed by atoms with Crippen LogP contribution in [0.1, 0.15) is 5.56 Å². The molecule has 2 rings (SSSR count). The van der Waals surface area contributed by atoms with Crippen molar-refractivity contribution in [3.05, 3.63) is 66.7 Å². The van der Waals surface area contributed by atoms with Crippen molar-refractivity contribution in [3.63, 3.8) is 0 Å². The fourth-order valence-corrected chi connectivity index (χ4v) is 1.76. The zero-order valence-electron chi connectivity index (χ0n) is 11.7. The highest BCUT2D eigenvalue weighted by Crippen LogP contribution is 2.23. The highest BCUT2D eigenvalue weighted by Gasteiger charge is 2.09. The van der Waals surface area contributed by atoms with Gasteiger partial charge in [-0.3, -0.25) is 0 Å². The molecule has 20 heavy (non-hydrogen) atoms. The van der Waals surface area contributed by atoms with Crippen LogP contribution in [0.3, 0.4) is 0 Å². The lowest BCUT2D eigenvalue weighted by Crippen LogP contribution is -2.21. The van der Waals surface area contributed by atoms with Crippen LogP contribution in [0.4, 0.5) is 4.79 Å². The first kappa shape index (κ1) is 13.9. The van der Waals surface area contributed by atoms with Crippen molar-refractivity contribution >= 4 is 11.9 Å². The van der Waals surface area contributed by atoms with E-state index in [4.69, 9.17) is 4.74 Å². The van der Waals surface area contributed by atoms with E-state index >= 15 is 0 Å². The SMILES string of the molecule is C=C(OC(=O)N(C)C)c1cccc(-c2ccccc2)c1. The van der Waals surface area contributed by atoms with E-state index in [2.05, 4.69) is 6.58 Å². The van der Waals surface area contributed by atoms with Gasteiger partial charge in [-0.2, -0.15) is 0 Å². The summed E-state index contributed by atoms with van der Waals surface area (Å²) in [6.07, 6.45) is -0.430. The number of rotatable bonds is 3. The predicted octanol–water partition coefficient (Wildman–Crippen LogP) is 4.02. The molecule has 0 aliphatic rings. The van der Waals surface area contributed by atoms with Crippen molar-refractivity contribution in [1.82, 2.24) is 4.90 Å². The molecule has 0 aliphatic heterocycles. The van der Waals surface area contributed by atoms with Gasteiger partial charge in [-0.05, 0) is 17.2 Å². The number of carbonyl (C=O) groups is 1. The molecule has 3 heteroatoms. The summed E-state index contributed by atoms with van der Waals surface area (Å²) < 4.78 is 5.18. The van der Waals surface area contributed by atoms with Crippen LogP contribution in [0.5, 0.6) is 0 Å². The minimum absolute atomic E-state index is 0.349. The van der Waals surface area contributed by atoms with Crippen LogP contribution in [0.25, 0.3) is 16.9 Å². The van der Waals surface area contributed by atoms with Crippen molar-refractivity contribution in [2.75, 3.05) is 14.1 Å². The molecular formula is C17H17NO2. The van der Waals surface area contributed by atoms with Gasteiger partial charge >= 0.3 is 6.09 Å². The molecule has 0 aromatic heterocycles. The standard InChI is InChI=1S/C17H17NO2/c1-13(20-17(19)18(2)3)15-10-7-11-16(12-15)14-8-5-4-6-9-14/h4-12H,1H2,2-3H3. The molecule has 0 unspecified atom stereocenters. The smallest absolute Gasteiger partial charge is 0.410 e. The Morgan fingerprint density at radius 1 is 1.00 bits per heavy atom. The van der Waals surface area contributed by atoms with Crippen LogP contribution < -0.4 is 0 Å². The number of amides is 1. The Morgan fingerprint density at radius 3 is 2.30 bits per heavy atom. The summed E-state index contributed by atoms with van der Waals surface area (Å²) in [5.74, 6) is 0.349. The Kier molecular flexibility index (Phi) is 4.20. The lowest BCUT2D eigenvalue weighted by molar-refractivity contribution is 0.163. The quantitative estimate of drug-likeness (QED) is 0.786. The van der Waals surface area contributed by atoms with Gasteiger partial charge < -0.3 is 9.64 Å². The first-order valence-corrected chi connectivity index (χ1v) is 6.32. The van der Waals surface area contributed by atoms with Gasteiger partial charge in [-0.1, -0.05) is 55.1 Å². The summed E-state index contributed by atoms with van der Waals surface area (Å²) in [5.41, 5.74) is 2.97. The second-order valence-corrected chi connectivity index (χ2v) is 4.63. The summed E-state index contributed by atoms with van der Waals surface area (Å²) in [4.78, 5) is 12.9. The maximum absolute atomic E-state index is 11.5. The van der Waals surface area contributed by atoms with E-state index in [1.165, 1.54) is 4.90 Å². The number of hydrogen-bond donors (Lipinski definition) is 0. The number of nitrogens with zero attached hydrogens (tertiary/aromatic N) is 1. The molecule has 3 nitrogen and oxygen atoms in total. The third kappa shape index (κ3) is 3.26. The molecule has 0 aliphatic carbocycles. The van der Waals surface area contributed by atoms with E-state index in [1.54, 1.807) is 14.1 Å². The third-order valence-corrected chi connectivity index (χ3v) is 2.87. The van der Waals surface area contributed by atoms with Gasteiger partial charge in [0.2, 0.25) is 0 Å². The predicted molar refractivity (Wildman–Crippen MR) is 81.1 cm³/mol. The van der Waals surface area contributed by atoms with Gasteiger partial charge in [0, 0.05) is 19.7 Å². The van der Waals surface area contributed by atoms with Crippen LogP contribution >= 0.6 is 0 Å². The minimum atomic E-state index is -0.430. The van der Waals surface area contributed by atoms with Crippen LogP contribution in [0.2, 0.25) is 0 Å². The van der Waals surface area contributed by atoms with E-state index in [0.717, 1.165) is 16.7 Å². The Bertz CT molecular complexity index is 618. The van der Waals surface area contributed by atoms with E-state index < -0.39 is 6.09 Å². The maximum atomic E-state index is 11.5. The van der Waals surface area contributed by atoms with Gasteiger partial charge in [0.1, 0.15) is 5.76 Å². The summed E-state index contributed by atoms with van der Waals surface area (Å²) in [7, 11) is 3.27. The van der Waals surface area contributed by atoms with Gasteiger partial charge in [0.05, 0.1) is 0 Å². The Morgan fingerprint density at radius 2 is 1.65 bits per heavy atom. The summed E-state index contributed by atoms with van der Waals surface area (Å²) in [5, 5.41) is 0. The maximum Gasteiger partial charge on any atom is 0.414 e. The number of carbonyl (C=O) groups excluding carboxylic acids is 1. The zero-order valence-corrected chi connectivity index (χ0v) is 11.7. The normalized spacial score (nSPS) is 9.90. The summed E-state index contributed by atoms with van der Waals surface area (Å²) in [6.45, 7) is 3.81. The molecule has 0 saturated heterocycles. The molecule has 0 N–H and O–H groups in total. The first-order valence-electron chi connectivity index (χ1n) is 6.32. The van der Waals surface area contributed by atoms with Crippen LogP contribution in [-0.2, 0) is 4.74 Å². The van der Waals surface area contributed by atoms with Crippen molar-refractivity contribution in [2.24, 2.45) is 0 Å². The van der Waals surface area contributed by atoms with E-state index in [9.17, 15) is 4.79 Å². The molecule has 0 bridgehead atoms. The van der Waals surface area contributed by atoms with E-state index in [-0.39, 0.29) is 0 Å². The number of benzene rings is 2. The van der Waals surface area contributed by atoms with Gasteiger partial charge in [0.15, 0.2) is 0 Å². The fraction of sp³-hybridized carbons (Fsp3) is 0.118. The Labute approximate surface area is 119 Å². The van der Waals surface area contributed by atoms with Crippen molar-refractivity contribution in [1.29, 1.82) is 0 Å². The lowest BCUT2D eigenvalue weighted by atomic mass is 10.0. The first-order chi connectivity index (χ1) is 9.58. The monoisotopic (exact) mass is 267 g/mol. The second kappa shape index (κ2) is 6.06. The van der Waals surface area contributed by atoms with Gasteiger partial charge in [0.25, 0.3) is 0 Å². The molecule has 1 amide bonds. The second-order valence-electron chi connectivity index (χ2n) is 4.63. The van der Waals surface area contributed by atoms with Crippen molar-refractivity contribution in [3.8, 4) is 11.1 Å². The molecule has 0 fully saturated rings. The fourth-order valence-electron chi connectivity index (χ4n) is 1.76. The van der Waals surface area contributed by atoms with Gasteiger partial charge in [-0.25, -0.2) is 4.79 Å². The minimum Gasteiger partial charge on any atom is -0.410 e. The van der Waals surface area contributed by atoms with Gasteiger partial charge in [-0.15, -0.1) is 0 Å². The molecule has 2 aromatic rings. The lowest BCUT2D eigenvalue weighted by Gasteiger charge is -2.13. The molecule has 2 aromatic carbocycles. The average molecular weight is 267 g/mol. The van der Waals surface area contributed by atoms with Crippen LogP contribution in [-0.4, -0.2) is 25.1 Å². The van der Waals surface area contributed by atoms with Crippen molar-refractivity contribution in [2.45, 2.75) is 0 Å². The van der Waals surface area contributed by atoms with Crippen LogP contribution in [0.15, 0.2) is 61.2 Å². The number of ether oxygens (including phenoxy) is 1. The molecular weight excluding hydrogens is 250 g/mol. The molecule has 0 saturated carbocycles. The largest absolute Gasteiger partial charge is 0.414 e. The van der Waals surface area contributed by atoms with E-state index in [0.29, 0.717) is 5.76 Å². The summed E-state index contributed by atoms with van der Waals surface area (Å²) >= 11 is 0. The summed E-state index contributed by atoms with van der Waals surface area (Å²) in [6, 6.07) is 17.8. The zero-order chi connectivity index (χ0) is 14.5.